The Morgan fingerprint density at radius 1 is 1.00 bits per heavy atom. The van der Waals surface area contributed by atoms with Gasteiger partial charge in [-0.3, -0.25) is 9.52 Å². The Morgan fingerprint density at radius 3 is 2.32 bits per heavy atom. The first kappa shape index (κ1) is 21.8. The molecule has 0 atom stereocenters. The van der Waals surface area contributed by atoms with E-state index in [-0.39, 0.29) is 35.0 Å². The summed E-state index contributed by atoms with van der Waals surface area (Å²) < 4.78 is 57.0. The molecule has 11 heteroatoms. The number of carbonyl (C=O) groups is 1. The highest BCUT2D eigenvalue weighted by atomic mass is 32.2. The van der Waals surface area contributed by atoms with E-state index in [4.69, 9.17) is 4.74 Å². The molecule has 0 aliphatic carbocycles. The van der Waals surface area contributed by atoms with E-state index in [1.54, 1.807) is 12.1 Å². The molecule has 0 saturated carbocycles. The summed E-state index contributed by atoms with van der Waals surface area (Å²) in [6.07, 6.45) is 0.997. The van der Waals surface area contributed by atoms with Gasteiger partial charge in [0.1, 0.15) is 0 Å². The number of benzene rings is 2. The molecule has 0 aromatic heterocycles. The summed E-state index contributed by atoms with van der Waals surface area (Å²) >= 11 is 0. The normalized spacial score (nSPS) is 11.8. The molecule has 0 spiro atoms. The fraction of sp³-hybridized carbons (Fsp3) is 0.235. The maximum absolute atomic E-state index is 12.5. The van der Waals surface area contributed by atoms with Crippen LogP contribution < -0.4 is 14.8 Å². The quantitative estimate of drug-likeness (QED) is 0.516. The largest absolute Gasteiger partial charge is 0.383 e. The lowest BCUT2D eigenvalue weighted by Gasteiger charge is -2.12. The van der Waals surface area contributed by atoms with Gasteiger partial charge in [0, 0.05) is 19.2 Å². The Kier molecular flexibility index (Phi) is 7.13. The molecule has 1 amide bonds. The first-order valence-electron chi connectivity index (χ1n) is 8.09. The first-order valence-corrected chi connectivity index (χ1v) is 11.5. The maximum atomic E-state index is 12.5. The lowest BCUT2D eigenvalue weighted by atomic mass is 10.2. The van der Waals surface area contributed by atoms with Gasteiger partial charge < -0.3 is 10.1 Å². The van der Waals surface area contributed by atoms with Crippen molar-refractivity contribution in [2.24, 2.45) is 0 Å². The van der Waals surface area contributed by atoms with Crippen LogP contribution in [0.3, 0.4) is 0 Å². The van der Waals surface area contributed by atoms with E-state index in [0.717, 1.165) is 6.26 Å². The second kappa shape index (κ2) is 9.15. The molecule has 28 heavy (non-hydrogen) atoms. The number of para-hydroxylation sites is 2. The molecule has 0 saturated heterocycles. The minimum Gasteiger partial charge on any atom is -0.383 e. The predicted octanol–water partition coefficient (Wildman–Crippen LogP) is 1.24. The Hall–Kier alpha value is -2.47. The third-order valence-electron chi connectivity index (χ3n) is 3.48. The number of methoxy groups -OCH3 is 1. The van der Waals surface area contributed by atoms with Gasteiger partial charge in [-0.2, -0.15) is 0 Å². The van der Waals surface area contributed by atoms with Crippen LogP contribution in [-0.2, 0) is 24.8 Å². The number of ether oxygens (including phenoxy) is 1. The third kappa shape index (κ3) is 6.30. The molecule has 0 aliphatic heterocycles. The van der Waals surface area contributed by atoms with E-state index < -0.39 is 26.0 Å². The lowest BCUT2D eigenvalue weighted by molar-refractivity contribution is 0.102. The zero-order chi connectivity index (χ0) is 20.8. The van der Waals surface area contributed by atoms with Gasteiger partial charge in [-0.05, 0) is 30.3 Å². The number of carbonyl (C=O) groups excluding carboxylic acids is 1. The molecule has 0 radical (unpaired) electrons. The number of amides is 1. The van der Waals surface area contributed by atoms with Gasteiger partial charge in [0.2, 0.25) is 20.0 Å². The average molecular weight is 428 g/mol. The second-order valence-electron chi connectivity index (χ2n) is 5.79. The van der Waals surface area contributed by atoms with Gasteiger partial charge in [-0.15, -0.1) is 0 Å². The number of hydrogen-bond donors (Lipinski definition) is 3. The monoisotopic (exact) mass is 427 g/mol. The topological polar surface area (TPSA) is 131 Å². The van der Waals surface area contributed by atoms with Crippen LogP contribution in [-0.4, -0.2) is 49.3 Å². The summed E-state index contributed by atoms with van der Waals surface area (Å²) in [5.41, 5.74) is 0.538. The van der Waals surface area contributed by atoms with Crippen molar-refractivity contribution in [1.29, 1.82) is 0 Å². The number of sulfonamides is 2. The molecule has 0 fully saturated rings. The van der Waals surface area contributed by atoms with Crippen molar-refractivity contribution >= 4 is 37.3 Å². The molecule has 0 unspecified atom stereocenters. The summed E-state index contributed by atoms with van der Waals surface area (Å²) in [6, 6.07) is 11.8. The Balaban J connectivity index is 2.23. The number of anilines is 2. The van der Waals surface area contributed by atoms with Gasteiger partial charge >= 0.3 is 0 Å². The third-order valence-corrected chi connectivity index (χ3v) is 5.52. The van der Waals surface area contributed by atoms with Gasteiger partial charge in [-0.25, -0.2) is 21.6 Å². The number of rotatable bonds is 9. The van der Waals surface area contributed by atoms with Gasteiger partial charge in [0.15, 0.2) is 0 Å². The standard InChI is InChI=1S/C17H21N3O6S2/c1-26-11-10-18-28(24,25)14-7-5-6-13(12-14)17(21)19-15-8-3-4-9-16(15)20-27(2,22)23/h3-9,12,18,20H,10-11H2,1-2H3,(H,19,21). The number of nitrogens with one attached hydrogen (secondary N) is 3. The van der Waals surface area contributed by atoms with Crippen LogP contribution in [0.25, 0.3) is 0 Å². The van der Waals surface area contributed by atoms with E-state index >= 15 is 0 Å². The second-order valence-corrected chi connectivity index (χ2v) is 9.31. The van der Waals surface area contributed by atoms with Crippen LogP contribution >= 0.6 is 0 Å². The summed E-state index contributed by atoms with van der Waals surface area (Å²) in [5, 5.41) is 2.58. The predicted molar refractivity (Wildman–Crippen MR) is 106 cm³/mol. The molecular formula is C17H21N3O6S2. The smallest absolute Gasteiger partial charge is 0.255 e. The molecule has 2 aromatic carbocycles. The van der Waals surface area contributed by atoms with Crippen molar-refractivity contribution in [1.82, 2.24) is 4.72 Å². The Labute approximate surface area is 164 Å². The number of hydrogen-bond acceptors (Lipinski definition) is 6. The Bertz CT molecular complexity index is 1050. The van der Waals surface area contributed by atoms with Crippen molar-refractivity contribution in [3.63, 3.8) is 0 Å². The molecule has 152 valence electrons. The van der Waals surface area contributed by atoms with Crippen molar-refractivity contribution < 1.29 is 26.4 Å². The van der Waals surface area contributed by atoms with Gasteiger partial charge in [-0.1, -0.05) is 18.2 Å². The van der Waals surface area contributed by atoms with Crippen molar-refractivity contribution in [2.45, 2.75) is 4.90 Å². The van der Waals surface area contributed by atoms with E-state index in [0.29, 0.717) is 0 Å². The highest BCUT2D eigenvalue weighted by molar-refractivity contribution is 7.92. The van der Waals surface area contributed by atoms with E-state index in [2.05, 4.69) is 14.8 Å². The molecule has 2 aromatic rings. The average Bonchev–Trinajstić information content (AvgIpc) is 2.62. The maximum Gasteiger partial charge on any atom is 0.255 e. The van der Waals surface area contributed by atoms with E-state index in [1.165, 1.54) is 43.5 Å². The zero-order valence-electron chi connectivity index (χ0n) is 15.3. The molecule has 3 N–H and O–H groups in total. The van der Waals surface area contributed by atoms with Crippen LogP contribution in [0.2, 0.25) is 0 Å². The highest BCUT2D eigenvalue weighted by Gasteiger charge is 2.17. The molecule has 2 rings (SSSR count). The molecule has 0 heterocycles. The summed E-state index contributed by atoms with van der Waals surface area (Å²) in [4.78, 5) is 12.5. The molecule has 0 bridgehead atoms. The van der Waals surface area contributed by atoms with E-state index in [9.17, 15) is 21.6 Å². The SMILES string of the molecule is COCCNS(=O)(=O)c1cccc(C(=O)Nc2ccccc2NS(C)(=O)=O)c1. The van der Waals surface area contributed by atoms with Gasteiger partial charge in [0.05, 0.1) is 29.1 Å². The first-order chi connectivity index (χ1) is 13.1. The van der Waals surface area contributed by atoms with Crippen molar-refractivity contribution in [2.75, 3.05) is 36.6 Å². The van der Waals surface area contributed by atoms with Crippen LogP contribution in [0, 0.1) is 0 Å². The molecular weight excluding hydrogens is 406 g/mol. The summed E-state index contributed by atoms with van der Waals surface area (Å²) in [5.74, 6) is -0.586. The van der Waals surface area contributed by atoms with Crippen LogP contribution in [0.1, 0.15) is 10.4 Å². The minimum absolute atomic E-state index is 0.0706. The highest BCUT2D eigenvalue weighted by Crippen LogP contribution is 2.23. The summed E-state index contributed by atoms with van der Waals surface area (Å²) in [7, 11) is -5.88. The van der Waals surface area contributed by atoms with E-state index in [1.807, 2.05) is 0 Å². The summed E-state index contributed by atoms with van der Waals surface area (Å²) in [6.45, 7) is 0.309. The Morgan fingerprint density at radius 2 is 1.68 bits per heavy atom. The van der Waals surface area contributed by atoms with Crippen molar-refractivity contribution in [3.8, 4) is 0 Å². The fourth-order valence-corrected chi connectivity index (χ4v) is 3.88. The van der Waals surface area contributed by atoms with Crippen LogP contribution in [0.5, 0.6) is 0 Å². The van der Waals surface area contributed by atoms with Crippen LogP contribution in [0.15, 0.2) is 53.4 Å². The van der Waals surface area contributed by atoms with Gasteiger partial charge in [0.25, 0.3) is 5.91 Å². The zero-order valence-corrected chi connectivity index (χ0v) is 16.9. The minimum atomic E-state index is -3.80. The lowest BCUT2D eigenvalue weighted by Crippen LogP contribution is -2.27. The fourth-order valence-electron chi connectivity index (χ4n) is 2.24. The molecule has 0 aliphatic rings. The molecule has 9 nitrogen and oxygen atoms in total. The van der Waals surface area contributed by atoms with Crippen LogP contribution in [0.4, 0.5) is 11.4 Å². The van der Waals surface area contributed by atoms with Crippen molar-refractivity contribution in [3.05, 3.63) is 54.1 Å².